The zero-order chi connectivity index (χ0) is 20.8. The normalized spacial score (nSPS) is 11.4. The molecule has 6 heteroatoms. The molecule has 3 aromatic rings. The van der Waals surface area contributed by atoms with Gasteiger partial charge in [0.1, 0.15) is 0 Å². The van der Waals surface area contributed by atoms with Crippen molar-refractivity contribution in [3.05, 3.63) is 101 Å². The number of halogens is 1. The Morgan fingerprint density at radius 1 is 0.828 bits per heavy atom. The number of ether oxygens (including phenoxy) is 1. The topological polar surface area (TPSA) is 72.5 Å². The molecule has 0 fully saturated rings. The predicted molar refractivity (Wildman–Crippen MR) is 111 cm³/mol. The van der Waals surface area contributed by atoms with E-state index in [4.69, 9.17) is 16.3 Å². The van der Waals surface area contributed by atoms with Crippen molar-refractivity contribution >= 4 is 34.9 Å². The van der Waals surface area contributed by atoms with Gasteiger partial charge in [-0.2, -0.15) is 0 Å². The van der Waals surface area contributed by atoms with Gasteiger partial charge in [0, 0.05) is 28.8 Å². The van der Waals surface area contributed by atoms with Crippen LogP contribution in [0.1, 0.15) is 39.3 Å². The lowest BCUT2D eigenvalue weighted by Gasteiger charge is -2.18. The molecule has 0 saturated carbocycles. The minimum Gasteiger partial charge on any atom is -0.445 e. The standard InChI is InChI=1S/C23H18ClNO4/c1-15(26)25-20-13-9-18(10-14-20)23(28)29-22(17-7-11-19(24)12-8-17)21(27)16-5-3-2-4-6-16/h2-14,22H,1H3,(H,25,26)/t22-/m1/s1. The quantitative estimate of drug-likeness (QED) is 0.457. The Labute approximate surface area is 173 Å². The first-order chi connectivity index (χ1) is 13.9. The molecule has 0 unspecified atom stereocenters. The highest BCUT2D eigenvalue weighted by atomic mass is 35.5. The predicted octanol–water partition coefficient (Wildman–Crippen LogP) is 5.08. The van der Waals surface area contributed by atoms with Crippen molar-refractivity contribution in [2.24, 2.45) is 0 Å². The number of rotatable bonds is 6. The third-order valence-electron chi connectivity index (χ3n) is 4.14. The zero-order valence-corrected chi connectivity index (χ0v) is 16.3. The van der Waals surface area contributed by atoms with Crippen LogP contribution in [0.15, 0.2) is 78.9 Å². The van der Waals surface area contributed by atoms with Crippen molar-refractivity contribution in [2.45, 2.75) is 13.0 Å². The first kappa shape index (κ1) is 20.3. The average molecular weight is 408 g/mol. The summed E-state index contributed by atoms with van der Waals surface area (Å²) in [5.41, 5.74) is 1.77. The molecule has 3 aromatic carbocycles. The lowest BCUT2D eigenvalue weighted by Crippen LogP contribution is -2.20. The molecule has 3 rings (SSSR count). The third kappa shape index (κ3) is 5.30. The minimum atomic E-state index is -1.11. The van der Waals surface area contributed by atoms with Crippen LogP contribution >= 0.6 is 11.6 Å². The second kappa shape index (κ2) is 9.17. The summed E-state index contributed by atoms with van der Waals surface area (Å²) in [6.45, 7) is 1.40. The molecule has 0 spiro atoms. The van der Waals surface area contributed by atoms with Gasteiger partial charge >= 0.3 is 5.97 Å². The lowest BCUT2D eigenvalue weighted by atomic mass is 9.99. The first-order valence-electron chi connectivity index (χ1n) is 8.87. The highest BCUT2D eigenvalue weighted by Gasteiger charge is 2.26. The molecule has 1 atom stereocenters. The summed E-state index contributed by atoms with van der Waals surface area (Å²) < 4.78 is 5.58. The molecule has 1 N–H and O–H groups in total. The van der Waals surface area contributed by atoms with Crippen molar-refractivity contribution in [3.63, 3.8) is 0 Å². The van der Waals surface area contributed by atoms with E-state index in [0.717, 1.165) is 0 Å². The number of nitrogens with one attached hydrogen (secondary N) is 1. The van der Waals surface area contributed by atoms with Crippen LogP contribution in [0.5, 0.6) is 0 Å². The summed E-state index contributed by atoms with van der Waals surface area (Å²) in [7, 11) is 0. The van der Waals surface area contributed by atoms with E-state index < -0.39 is 12.1 Å². The molecule has 0 aromatic heterocycles. The maximum Gasteiger partial charge on any atom is 0.339 e. The maximum absolute atomic E-state index is 13.0. The van der Waals surface area contributed by atoms with E-state index in [2.05, 4.69) is 5.32 Å². The fraction of sp³-hybridized carbons (Fsp3) is 0.0870. The van der Waals surface area contributed by atoms with Crippen LogP contribution in [0.3, 0.4) is 0 Å². The highest BCUT2D eigenvalue weighted by molar-refractivity contribution is 6.30. The molecule has 0 radical (unpaired) electrons. The number of hydrogen-bond acceptors (Lipinski definition) is 4. The van der Waals surface area contributed by atoms with Crippen LogP contribution in [0, 0.1) is 0 Å². The molecule has 146 valence electrons. The molecule has 1 amide bonds. The summed E-state index contributed by atoms with van der Waals surface area (Å²) in [4.78, 5) is 36.8. The molecule has 0 heterocycles. The van der Waals surface area contributed by atoms with Gasteiger partial charge < -0.3 is 10.1 Å². The van der Waals surface area contributed by atoms with E-state index >= 15 is 0 Å². The van der Waals surface area contributed by atoms with Crippen molar-refractivity contribution in [3.8, 4) is 0 Å². The molecule has 5 nitrogen and oxygen atoms in total. The second-order valence-corrected chi connectivity index (χ2v) is 6.76. The summed E-state index contributed by atoms with van der Waals surface area (Å²) in [6.07, 6.45) is -1.11. The number of carbonyl (C=O) groups excluding carboxylic acids is 3. The van der Waals surface area contributed by atoms with Crippen LogP contribution < -0.4 is 5.32 Å². The average Bonchev–Trinajstić information content (AvgIpc) is 2.73. The number of carbonyl (C=O) groups is 3. The fourth-order valence-electron chi connectivity index (χ4n) is 2.73. The van der Waals surface area contributed by atoms with Gasteiger partial charge in [0.05, 0.1) is 5.56 Å². The SMILES string of the molecule is CC(=O)Nc1ccc(C(=O)O[C@@H](C(=O)c2ccccc2)c2ccc(Cl)cc2)cc1. The largest absolute Gasteiger partial charge is 0.445 e. The van der Waals surface area contributed by atoms with E-state index in [1.165, 1.54) is 19.1 Å². The molecule has 0 aliphatic heterocycles. The summed E-state index contributed by atoms with van der Waals surface area (Å²) in [5, 5.41) is 3.14. The Bertz CT molecular complexity index is 1020. The van der Waals surface area contributed by atoms with E-state index in [-0.39, 0.29) is 17.3 Å². The number of hydrogen-bond donors (Lipinski definition) is 1. The van der Waals surface area contributed by atoms with Gasteiger partial charge in [-0.25, -0.2) is 4.79 Å². The number of ketones is 1. The molecule has 29 heavy (non-hydrogen) atoms. The van der Waals surface area contributed by atoms with E-state index in [9.17, 15) is 14.4 Å². The third-order valence-corrected chi connectivity index (χ3v) is 4.39. The van der Waals surface area contributed by atoms with Crippen LogP contribution in [0.25, 0.3) is 0 Å². The van der Waals surface area contributed by atoms with Crippen molar-refractivity contribution in [2.75, 3.05) is 5.32 Å². The molecule has 0 bridgehead atoms. The number of esters is 1. The molecule has 0 aliphatic rings. The van der Waals surface area contributed by atoms with Gasteiger partial charge in [0.25, 0.3) is 0 Å². The number of Topliss-reactive ketones (excluding diaryl/α,β-unsaturated/α-hetero) is 1. The lowest BCUT2D eigenvalue weighted by molar-refractivity contribution is -0.114. The van der Waals surface area contributed by atoms with E-state index in [1.54, 1.807) is 66.7 Å². The molecular formula is C23H18ClNO4. The minimum absolute atomic E-state index is 0.211. The fourth-order valence-corrected chi connectivity index (χ4v) is 2.86. The number of benzene rings is 3. The van der Waals surface area contributed by atoms with Gasteiger partial charge in [-0.15, -0.1) is 0 Å². The second-order valence-electron chi connectivity index (χ2n) is 6.33. The van der Waals surface area contributed by atoms with Crippen LogP contribution in [-0.2, 0) is 9.53 Å². The van der Waals surface area contributed by atoms with Crippen LogP contribution in [-0.4, -0.2) is 17.7 Å². The van der Waals surface area contributed by atoms with Crippen LogP contribution in [0.4, 0.5) is 5.69 Å². The Morgan fingerprint density at radius 2 is 1.45 bits per heavy atom. The first-order valence-corrected chi connectivity index (χ1v) is 9.25. The zero-order valence-electron chi connectivity index (χ0n) is 15.6. The van der Waals surface area contributed by atoms with Gasteiger partial charge in [-0.05, 0) is 36.4 Å². The smallest absolute Gasteiger partial charge is 0.339 e. The molecular weight excluding hydrogens is 390 g/mol. The Balaban J connectivity index is 1.86. The summed E-state index contributed by atoms with van der Waals surface area (Å²) in [6, 6.07) is 21.4. The van der Waals surface area contributed by atoms with Crippen molar-refractivity contribution < 1.29 is 19.1 Å². The molecule has 0 aliphatic carbocycles. The van der Waals surface area contributed by atoms with Crippen molar-refractivity contribution in [1.29, 1.82) is 0 Å². The van der Waals surface area contributed by atoms with Crippen LogP contribution in [0.2, 0.25) is 5.02 Å². The van der Waals surface area contributed by atoms with E-state index in [1.807, 2.05) is 0 Å². The number of anilines is 1. The van der Waals surface area contributed by atoms with Gasteiger partial charge in [-0.1, -0.05) is 54.1 Å². The Kier molecular flexibility index (Phi) is 6.42. The monoisotopic (exact) mass is 407 g/mol. The van der Waals surface area contributed by atoms with Gasteiger partial charge in [-0.3, -0.25) is 9.59 Å². The Morgan fingerprint density at radius 3 is 2.03 bits per heavy atom. The molecule has 0 saturated heterocycles. The van der Waals surface area contributed by atoms with Gasteiger partial charge in [0.15, 0.2) is 6.10 Å². The summed E-state index contributed by atoms with van der Waals surface area (Å²) >= 11 is 5.94. The van der Waals surface area contributed by atoms with Crippen molar-refractivity contribution in [1.82, 2.24) is 0 Å². The van der Waals surface area contributed by atoms with Gasteiger partial charge in [0.2, 0.25) is 11.7 Å². The highest BCUT2D eigenvalue weighted by Crippen LogP contribution is 2.26. The summed E-state index contributed by atoms with van der Waals surface area (Å²) in [5.74, 6) is -1.20. The van der Waals surface area contributed by atoms with E-state index in [0.29, 0.717) is 21.8 Å². The number of amides is 1. The Hall–Kier alpha value is -3.44. The maximum atomic E-state index is 13.0.